The largest absolute Gasteiger partial charge is 0.330 e. The SMILES string of the molecule is C#N.CCCCN. The fourth-order valence-corrected chi connectivity index (χ4v) is 0.204. The van der Waals surface area contributed by atoms with Crippen LogP contribution < -0.4 is 5.73 Å². The highest BCUT2D eigenvalue weighted by Gasteiger charge is 1.67. The van der Waals surface area contributed by atoms with Crippen LogP contribution in [0, 0.1) is 11.8 Å². The van der Waals surface area contributed by atoms with Gasteiger partial charge in [0.2, 0.25) is 0 Å². The molecule has 0 aliphatic carbocycles. The number of unbranched alkanes of at least 4 members (excludes halogenated alkanes) is 1. The van der Waals surface area contributed by atoms with Crippen LogP contribution in [-0.2, 0) is 0 Å². The minimum atomic E-state index is 0.844. The van der Waals surface area contributed by atoms with Crippen LogP contribution in [0.3, 0.4) is 0 Å². The van der Waals surface area contributed by atoms with Crippen LogP contribution in [0.15, 0.2) is 0 Å². The third-order valence-corrected chi connectivity index (χ3v) is 0.558. The number of hydrogen-bond donors (Lipinski definition) is 1. The molecule has 0 spiro atoms. The second-order valence-corrected chi connectivity index (χ2v) is 1.14. The Morgan fingerprint density at radius 1 is 1.57 bits per heavy atom. The van der Waals surface area contributed by atoms with E-state index in [9.17, 15) is 0 Å². The van der Waals surface area contributed by atoms with Crippen LogP contribution >= 0.6 is 0 Å². The van der Waals surface area contributed by atoms with Crippen LogP contribution in [0.5, 0.6) is 0 Å². The van der Waals surface area contributed by atoms with Crippen molar-refractivity contribution >= 4 is 0 Å². The summed E-state index contributed by atoms with van der Waals surface area (Å²) in [7, 11) is 0. The Morgan fingerprint density at radius 2 is 2.00 bits per heavy atom. The van der Waals surface area contributed by atoms with Crippen molar-refractivity contribution < 1.29 is 0 Å². The van der Waals surface area contributed by atoms with Crippen LogP contribution in [0.25, 0.3) is 0 Å². The van der Waals surface area contributed by atoms with E-state index in [-0.39, 0.29) is 0 Å². The van der Waals surface area contributed by atoms with Crippen molar-refractivity contribution in [3.05, 3.63) is 0 Å². The van der Waals surface area contributed by atoms with Gasteiger partial charge in [0.25, 0.3) is 0 Å². The Bertz CT molecular complexity index is 30.3. The molecule has 0 rings (SSSR count). The Hall–Kier alpha value is -0.550. The second kappa shape index (κ2) is 18.0. The quantitative estimate of drug-likeness (QED) is 0.560. The lowest BCUT2D eigenvalue weighted by molar-refractivity contribution is 0.807. The maximum Gasteiger partial charge on any atom is 0.0462 e. The fourth-order valence-electron chi connectivity index (χ4n) is 0.204. The summed E-state index contributed by atoms with van der Waals surface area (Å²) in [6.07, 6.45) is 2.39. The van der Waals surface area contributed by atoms with Gasteiger partial charge in [-0.2, -0.15) is 0 Å². The summed E-state index contributed by atoms with van der Waals surface area (Å²) in [4.78, 5) is 0. The van der Waals surface area contributed by atoms with Gasteiger partial charge in [0.15, 0.2) is 0 Å². The minimum absolute atomic E-state index is 0.844. The maximum atomic E-state index is 6.50. The first-order valence-corrected chi connectivity index (χ1v) is 2.37. The van der Waals surface area contributed by atoms with Gasteiger partial charge >= 0.3 is 0 Å². The lowest BCUT2D eigenvalue weighted by Crippen LogP contribution is -1.95. The van der Waals surface area contributed by atoms with E-state index in [4.69, 9.17) is 11.0 Å². The monoisotopic (exact) mass is 100 g/mol. The molecule has 2 heteroatoms. The van der Waals surface area contributed by atoms with Crippen LogP contribution in [0.4, 0.5) is 0 Å². The van der Waals surface area contributed by atoms with E-state index in [2.05, 4.69) is 13.5 Å². The lowest BCUT2D eigenvalue weighted by atomic mass is 10.3. The molecule has 0 aromatic rings. The molecule has 7 heavy (non-hydrogen) atoms. The third-order valence-electron chi connectivity index (χ3n) is 0.558. The summed E-state index contributed by atoms with van der Waals surface area (Å²) in [5.41, 5.74) is 5.14. The van der Waals surface area contributed by atoms with Crippen molar-refractivity contribution in [2.75, 3.05) is 6.54 Å². The van der Waals surface area contributed by atoms with Gasteiger partial charge in [0.05, 0.1) is 0 Å². The summed E-state index contributed by atoms with van der Waals surface area (Å²) >= 11 is 0. The zero-order valence-electron chi connectivity index (χ0n) is 4.72. The van der Waals surface area contributed by atoms with Gasteiger partial charge < -0.3 is 5.73 Å². The molecule has 2 nitrogen and oxygen atoms in total. The van der Waals surface area contributed by atoms with Gasteiger partial charge in [-0.05, 0) is 13.0 Å². The predicted octanol–water partition coefficient (Wildman–Crippen LogP) is 0.885. The highest BCUT2D eigenvalue weighted by molar-refractivity contribution is 4.29. The molecule has 2 N–H and O–H groups in total. The number of nitrogens with two attached hydrogens (primary N) is 1. The molecule has 0 atom stereocenters. The minimum Gasteiger partial charge on any atom is -0.330 e. The second-order valence-electron chi connectivity index (χ2n) is 1.14. The summed E-state index contributed by atoms with van der Waals surface area (Å²) in [6, 6.07) is 0. The Balaban J connectivity index is 0. The molecule has 0 amide bonds. The van der Waals surface area contributed by atoms with Gasteiger partial charge in [-0.1, -0.05) is 13.3 Å². The van der Waals surface area contributed by atoms with Crippen LogP contribution in [0.1, 0.15) is 19.8 Å². The third kappa shape index (κ3) is 30.9. The van der Waals surface area contributed by atoms with Gasteiger partial charge in [-0.3, -0.25) is 0 Å². The van der Waals surface area contributed by atoms with E-state index in [0.717, 1.165) is 6.54 Å². The van der Waals surface area contributed by atoms with Gasteiger partial charge in [0, 0.05) is 6.57 Å². The summed E-state index contributed by atoms with van der Waals surface area (Å²) in [5, 5.41) is 6.50. The number of nitriles is 1. The normalized spacial score (nSPS) is 6.29. The van der Waals surface area contributed by atoms with Crippen molar-refractivity contribution in [3.8, 4) is 6.57 Å². The van der Waals surface area contributed by atoms with E-state index in [0.29, 0.717) is 0 Å². The molecule has 0 bridgehead atoms. The van der Waals surface area contributed by atoms with Crippen molar-refractivity contribution in [3.63, 3.8) is 0 Å². The highest BCUT2D eigenvalue weighted by Crippen LogP contribution is 1.77. The molecular formula is C5H12N2. The topological polar surface area (TPSA) is 49.8 Å². The highest BCUT2D eigenvalue weighted by atomic mass is 14.5. The Kier molecular flexibility index (Phi) is 24.8. The molecule has 0 fully saturated rings. The molecule has 0 saturated heterocycles. The van der Waals surface area contributed by atoms with Crippen LogP contribution in [0.2, 0.25) is 0 Å². The Morgan fingerprint density at radius 3 is 2.00 bits per heavy atom. The predicted molar refractivity (Wildman–Crippen MR) is 30.6 cm³/mol. The first-order chi connectivity index (χ1) is 3.41. The molecule has 0 aromatic carbocycles. The van der Waals surface area contributed by atoms with E-state index >= 15 is 0 Å². The zero-order chi connectivity index (χ0) is 6.12. The summed E-state index contributed by atoms with van der Waals surface area (Å²) < 4.78 is 0. The van der Waals surface area contributed by atoms with E-state index in [1.165, 1.54) is 12.8 Å². The molecule has 0 aliphatic heterocycles. The molecular weight excluding hydrogens is 88.1 g/mol. The first-order valence-electron chi connectivity index (χ1n) is 2.37. The van der Waals surface area contributed by atoms with Crippen LogP contribution in [-0.4, -0.2) is 6.54 Å². The average molecular weight is 100 g/mol. The lowest BCUT2D eigenvalue weighted by Gasteiger charge is -1.80. The van der Waals surface area contributed by atoms with Gasteiger partial charge in [-0.25, -0.2) is 5.26 Å². The standard InChI is InChI=1S/C4H11N.CHN/c1-2-3-4-5;1-2/h2-5H2,1H3;1H. The molecule has 0 aliphatic rings. The van der Waals surface area contributed by atoms with E-state index in [1.807, 2.05) is 0 Å². The Labute approximate surface area is 44.9 Å². The van der Waals surface area contributed by atoms with E-state index < -0.39 is 0 Å². The first kappa shape index (κ1) is 9.67. The van der Waals surface area contributed by atoms with Crippen molar-refractivity contribution in [1.29, 1.82) is 5.26 Å². The number of hydrogen-bond acceptors (Lipinski definition) is 2. The smallest absolute Gasteiger partial charge is 0.0462 e. The molecule has 0 unspecified atom stereocenters. The molecule has 42 valence electrons. The zero-order valence-corrected chi connectivity index (χ0v) is 4.72. The number of nitrogens with zero attached hydrogens (tertiary/aromatic N) is 1. The maximum absolute atomic E-state index is 6.50. The van der Waals surface area contributed by atoms with Crippen molar-refractivity contribution in [2.24, 2.45) is 5.73 Å². The molecule has 0 radical (unpaired) electrons. The number of rotatable bonds is 2. The summed E-state index contributed by atoms with van der Waals surface area (Å²) in [5.74, 6) is 0. The van der Waals surface area contributed by atoms with E-state index in [1.54, 1.807) is 0 Å². The fraction of sp³-hybridized carbons (Fsp3) is 0.800. The van der Waals surface area contributed by atoms with Crippen molar-refractivity contribution in [1.82, 2.24) is 0 Å². The molecule has 0 aromatic heterocycles. The molecule has 0 heterocycles. The molecule has 0 saturated carbocycles. The average Bonchev–Trinajstić information content (AvgIpc) is 1.75. The van der Waals surface area contributed by atoms with Gasteiger partial charge in [0.1, 0.15) is 0 Å². The van der Waals surface area contributed by atoms with Crippen molar-refractivity contribution in [2.45, 2.75) is 19.8 Å². The summed E-state index contributed by atoms with van der Waals surface area (Å²) in [6.45, 7) is 6.48. The van der Waals surface area contributed by atoms with Gasteiger partial charge in [-0.15, -0.1) is 0 Å².